The van der Waals surface area contributed by atoms with E-state index in [0.29, 0.717) is 0 Å². The first-order valence-electron chi connectivity index (χ1n) is 9.07. The molecule has 0 unspecified atom stereocenters. The van der Waals surface area contributed by atoms with Gasteiger partial charge in [-0.05, 0) is 70.4 Å². The average Bonchev–Trinajstić information content (AvgIpc) is 2.94. The summed E-state index contributed by atoms with van der Waals surface area (Å²) in [5, 5.41) is 8.78. The number of allylic oxidation sites excluding steroid dienone is 5. The maximum Gasteiger partial charge on any atom is 0.328 e. The molecule has 2 nitrogen and oxygen atoms in total. The van der Waals surface area contributed by atoms with Gasteiger partial charge < -0.3 is 5.11 Å². The Bertz CT molecular complexity index is 817. The standard InChI is InChI=1S/C23H28O2/c1-15(11-21(24)25)7-6-8-16-9-10-17-12-19-20(13-18(16)17)23(4,5)14-22(19,2)3/h6-8,11-13H,9-10,14H2,1-5H3,(H,24,25)/b7-6+,15-11+,16-8-. The van der Waals surface area contributed by atoms with Crippen LogP contribution < -0.4 is 0 Å². The van der Waals surface area contributed by atoms with E-state index in [1.54, 1.807) is 0 Å². The smallest absolute Gasteiger partial charge is 0.328 e. The Kier molecular flexibility index (Phi) is 4.26. The minimum Gasteiger partial charge on any atom is -0.478 e. The molecule has 2 heteroatoms. The van der Waals surface area contributed by atoms with E-state index in [-0.39, 0.29) is 10.8 Å². The molecule has 0 radical (unpaired) electrons. The Morgan fingerprint density at radius 2 is 1.72 bits per heavy atom. The second-order valence-corrected chi connectivity index (χ2v) is 8.78. The number of benzene rings is 1. The SMILES string of the molecule is CC(/C=C/C=C1/CCc2cc3c(cc21)C(C)(C)CC3(C)C)=C\C(=O)O. The van der Waals surface area contributed by atoms with Crippen LogP contribution in [0.4, 0.5) is 0 Å². The van der Waals surface area contributed by atoms with Crippen LogP contribution in [0.1, 0.15) is 69.7 Å². The molecule has 0 aliphatic heterocycles. The van der Waals surface area contributed by atoms with Crippen molar-refractivity contribution in [3.05, 3.63) is 64.3 Å². The van der Waals surface area contributed by atoms with Gasteiger partial charge in [-0.2, -0.15) is 0 Å². The van der Waals surface area contributed by atoms with Gasteiger partial charge in [-0.25, -0.2) is 4.79 Å². The van der Waals surface area contributed by atoms with Gasteiger partial charge in [-0.15, -0.1) is 0 Å². The summed E-state index contributed by atoms with van der Waals surface area (Å²) >= 11 is 0. The summed E-state index contributed by atoms with van der Waals surface area (Å²) in [6.07, 6.45) is 10.6. The molecule has 2 aliphatic carbocycles. The van der Waals surface area contributed by atoms with Crippen molar-refractivity contribution in [2.24, 2.45) is 0 Å². The molecule has 3 rings (SSSR count). The molecule has 132 valence electrons. The molecule has 0 saturated carbocycles. The van der Waals surface area contributed by atoms with Gasteiger partial charge in [-0.1, -0.05) is 58.1 Å². The van der Waals surface area contributed by atoms with Gasteiger partial charge in [0.2, 0.25) is 0 Å². The summed E-state index contributed by atoms with van der Waals surface area (Å²) < 4.78 is 0. The highest BCUT2D eigenvalue weighted by molar-refractivity contribution is 5.81. The summed E-state index contributed by atoms with van der Waals surface area (Å²) in [7, 11) is 0. The van der Waals surface area contributed by atoms with Gasteiger partial charge >= 0.3 is 5.97 Å². The zero-order chi connectivity index (χ0) is 18.4. The first-order chi connectivity index (χ1) is 11.6. The average molecular weight is 336 g/mol. The van der Waals surface area contributed by atoms with E-state index < -0.39 is 5.97 Å². The van der Waals surface area contributed by atoms with E-state index in [4.69, 9.17) is 5.11 Å². The van der Waals surface area contributed by atoms with E-state index in [2.05, 4.69) is 45.9 Å². The molecule has 1 aromatic rings. The Morgan fingerprint density at radius 1 is 1.08 bits per heavy atom. The molecule has 0 spiro atoms. The van der Waals surface area contributed by atoms with Gasteiger partial charge in [0, 0.05) is 6.08 Å². The third kappa shape index (κ3) is 3.35. The van der Waals surface area contributed by atoms with Crippen molar-refractivity contribution in [1.29, 1.82) is 0 Å². The highest BCUT2D eigenvalue weighted by Crippen LogP contribution is 2.51. The van der Waals surface area contributed by atoms with Crippen LogP contribution in [0.2, 0.25) is 0 Å². The van der Waals surface area contributed by atoms with Crippen LogP contribution in [0.25, 0.3) is 5.57 Å². The van der Waals surface area contributed by atoms with Crippen molar-refractivity contribution in [3.8, 4) is 0 Å². The number of rotatable bonds is 3. The lowest BCUT2D eigenvalue weighted by atomic mass is 9.82. The third-order valence-corrected chi connectivity index (χ3v) is 5.60. The lowest BCUT2D eigenvalue weighted by Crippen LogP contribution is -2.18. The van der Waals surface area contributed by atoms with Gasteiger partial charge in [-0.3, -0.25) is 0 Å². The van der Waals surface area contributed by atoms with E-state index in [1.807, 2.05) is 19.1 Å². The van der Waals surface area contributed by atoms with Crippen LogP contribution in [0.15, 0.2) is 42.0 Å². The van der Waals surface area contributed by atoms with Crippen molar-refractivity contribution in [2.75, 3.05) is 0 Å². The molecule has 1 aromatic carbocycles. The summed E-state index contributed by atoms with van der Waals surface area (Å²) in [5.74, 6) is -0.901. The molecule has 0 bridgehead atoms. The zero-order valence-corrected chi connectivity index (χ0v) is 15.9. The summed E-state index contributed by atoms with van der Waals surface area (Å²) in [6.45, 7) is 11.2. The van der Waals surface area contributed by atoms with Crippen molar-refractivity contribution in [3.63, 3.8) is 0 Å². The molecular formula is C23H28O2. The van der Waals surface area contributed by atoms with Crippen molar-refractivity contribution < 1.29 is 9.90 Å². The van der Waals surface area contributed by atoms with Gasteiger partial charge in [0.05, 0.1) is 0 Å². The molecule has 0 saturated heterocycles. The number of carboxylic acid groups (broad SMARTS) is 1. The fraction of sp³-hybridized carbons (Fsp3) is 0.435. The van der Waals surface area contributed by atoms with Crippen LogP contribution in [-0.2, 0) is 22.0 Å². The van der Waals surface area contributed by atoms with E-state index >= 15 is 0 Å². The second-order valence-electron chi connectivity index (χ2n) is 8.78. The predicted molar refractivity (Wildman–Crippen MR) is 104 cm³/mol. The summed E-state index contributed by atoms with van der Waals surface area (Å²) in [5.41, 5.74) is 8.44. The monoisotopic (exact) mass is 336 g/mol. The maximum atomic E-state index is 10.7. The fourth-order valence-electron chi connectivity index (χ4n) is 4.70. The van der Waals surface area contributed by atoms with Gasteiger partial charge in [0.15, 0.2) is 0 Å². The Labute approximate surface area is 151 Å². The number of carboxylic acids is 1. The quantitative estimate of drug-likeness (QED) is 0.579. The van der Waals surface area contributed by atoms with Crippen LogP contribution in [0.3, 0.4) is 0 Å². The maximum absolute atomic E-state index is 10.7. The Hall–Kier alpha value is -2.09. The Balaban J connectivity index is 1.95. The molecule has 1 N–H and O–H groups in total. The van der Waals surface area contributed by atoms with Crippen molar-refractivity contribution >= 4 is 11.5 Å². The van der Waals surface area contributed by atoms with Crippen molar-refractivity contribution in [2.45, 2.75) is 64.7 Å². The second kappa shape index (κ2) is 6.01. The largest absolute Gasteiger partial charge is 0.478 e. The minimum absolute atomic E-state index is 0.220. The topological polar surface area (TPSA) is 37.3 Å². The molecule has 2 aliphatic rings. The lowest BCUT2D eigenvalue weighted by molar-refractivity contribution is -0.131. The first kappa shape index (κ1) is 17.7. The molecule has 0 heterocycles. The van der Waals surface area contributed by atoms with Crippen LogP contribution in [-0.4, -0.2) is 11.1 Å². The van der Waals surface area contributed by atoms with Crippen LogP contribution >= 0.6 is 0 Å². The van der Waals surface area contributed by atoms with Crippen LogP contribution in [0, 0.1) is 0 Å². The highest BCUT2D eigenvalue weighted by atomic mass is 16.4. The molecule has 0 amide bonds. The van der Waals surface area contributed by atoms with Gasteiger partial charge in [0.25, 0.3) is 0 Å². The van der Waals surface area contributed by atoms with Crippen molar-refractivity contribution in [1.82, 2.24) is 0 Å². The molecule has 0 atom stereocenters. The minimum atomic E-state index is -0.901. The molecule has 25 heavy (non-hydrogen) atoms. The van der Waals surface area contributed by atoms with E-state index in [9.17, 15) is 4.79 Å². The van der Waals surface area contributed by atoms with E-state index in [0.717, 1.165) is 18.4 Å². The fourth-order valence-corrected chi connectivity index (χ4v) is 4.70. The number of fused-ring (bicyclic) bond motifs is 2. The number of hydrogen-bond donors (Lipinski definition) is 1. The zero-order valence-electron chi connectivity index (χ0n) is 15.9. The predicted octanol–water partition coefficient (Wildman–Crippen LogP) is 5.56. The molecular weight excluding hydrogens is 308 g/mol. The number of aliphatic carboxylic acids is 1. The normalized spacial score (nSPS) is 22.4. The van der Waals surface area contributed by atoms with E-state index in [1.165, 1.54) is 40.3 Å². The third-order valence-electron chi connectivity index (χ3n) is 5.60. The number of aryl methyl sites for hydroxylation is 1. The lowest BCUT2D eigenvalue weighted by Gasteiger charge is -2.22. The van der Waals surface area contributed by atoms with Crippen LogP contribution in [0.5, 0.6) is 0 Å². The highest BCUT2D eigenvalue weighted by Gasteiger charge is 2.42. The molecule has 0 fully saturated rings. The summed E-state index contributed by atoms with van der Waals surface area (Å²) in [4.78, 5) is 10.7. The Morgan fingerprint density at radius 3 is 2.36 bits per heavy atom. The number of carbonyl (C=O) groups is 1. The number of hydrogen-bond acceptors (Lipinski definition) is 1. The van der Waals surface area contributed by atoms with Gasteiger partial charge in [0.1, 0.15) is 0 Å². The molecule has 0 aromatic heterocycles. The summed E-state index contributed by atoms with van der Waals surface area (Å²) in [6, 6.07) is 4.87. The first-order valence-corrected chi connectivity index (χ1v) is 9.07.